The first kappa shape index (κ1) is 24.1. The molecule has 168 valence electrons. The highest BCUT2D eigenvalue weighted by atomic mass is 79.9. The third kappa shape index (κ3) is 6.47. The fourth-order valence-electron chi connectivity index (χ4n) is 3.34. The van der Waals surface area contributed by atoms with Crippen molar-refractivity contribution in [2.45, 2.75) is 26.5 Å². The third-order valence-electron chi connectivity index (χ3n) is 5.04. The first-order chi connectivity index (χ1) is 15.9. The molecule has 0 radical (unpaired) electrons. The van der Waals surface area contributed by atoms with E-state index in [2.05, 4.69) is 27.3 Å². The first-order valence-corrected chi connectivity index (χ1v) is 11.2. The Morgan fingerprint density at radius 1 is 1.15 bits per heavy atom. The van der Waals surface area contributed by atoms with E-state index in [1.165, 1.54) is 6.08 Å². The number of nitrogens with one attached hydrogen (secondary N) is 1. The summed E-state index contributed by atoms with van der Waals surface area (Å²) < 4.78 is 12.2. The summed E-state index contributed by atoms with van der Waals surface area (Å²) in [6.07, 6.45) is 1.53. The van der Waals surface area contributed by atoms with Crippen LogP contribution in [0.15, 0.2) is 76.8 Å². The van der Waals surface area contributed by atoms with E-state index in [1.54, 1.807) is 19.2 Å². The number of halogens is 1. The summed E-state index contributed by atoms with van der Waals surface area (Å²) in [4.78, 5) is 12.7. The highest BCUT2D eigenvalue weighted by molar-refractivity contribution is 9.10. The molecule has 0 saturated carbocycles. The van der Waals surface area contributed by atoms with Crippen molar-refractivity contribution in [3.8, 4) is 17.6 Å². The van der Waals surface area contributed by atoms with E-state index in [0.717, 1.165) is 16.7 Å². The number of carbonyl (C=O) groups excluding carboxylic acids is 1. The van der Waals surface area contributed by atoms with Crippen molar-refractivity contribution in [1.82, 2.24) is 5.32 Å². The second kappa shape index (κ2) is 11.3. The molecule has 5 nitrogen and oxygen atoms in total. The van der Waals surface area contributed by atoms with E-state index in [0.29, 0.717) is 28.1 Å². The van der Waals surface area contributed by atoms with Crippen LogP contribution in [0.3, 0.4) is 0 Å². The van der Waals surface area contributed by atoms with Gasteiger partial charge < -0.3 is 14.8 Å². The van der Waals surface area contributed by atoms with Crippen LogP contribution in [-0.2, 0) is 11.4 Å². The van der Waals surface area contributed by atoms with Gasteiger partial charge in [0, 0.05) is 0 Å². The monoisotopic (exact) mass is 504 g/mol. The second-order valence-electron chi connectivity index (χ2n) is 7.59. The molecule has 3 aromatic rings. The van der Waals surface area contributed by atoms with Crippen molar-refractivity contribution in [2.75, 3.05) is 7.11 Å². The number of ether oxygens (including phenoxy) is 2. The zero-order valence-corrected chi connectivity index (χ0v) is 20.3. The molecule has 1 N–H and O–H groups in total. The van der Waals surface area contributed by atoms with E-state index in [9.17, 15) is 10.1 Å². The molecule has 0 heterocycles. The standard InChI is InChI=1S/C27H25BrN2O3/c1-18-8-7-9-20(12-18)17-33-26-24(28)14-21(15-25(26)32-3)13-23(16-29)27(31)30-19(2)22-10-5-4-6-11-22/h4-15,19H,17H2,1-3H3,(H,30,31)/b23-13-/t19-/m1/s1. The molecule has 1 amide bonds. The molecule has 33 heavy (non-hydrogen) atoms. The number of hydrogen-bond acceptors (Lipinski definition) is 4. The van der Waals surface area contributed by atoms with Gasteiger partial charge >= 0.3 is 0 Å². The van der Waals surface area contributed by atoms with Crippen molar-refractivity contribution in [2.24, 2.45) is 0 Å². The summed E-state index contributed by atoms with van der Waals surface area (Å²) in [6.45, 7) is 4.29. The van der Waals surface area contributed by atoms with Crippen LogP contribution < -0.4 is 14.8 Å². The van der Waals surface area contributed by atoms with Crippen molar-refractivity contribution in [3.05, 3.63) is 99.0 Å². The van der Waals surface area contributed by atoms with Crippen molar-refractivity contribution >= 4 is 27.9 Å². The molecular formula is C27H25BrN2O3. The smallest absolute Gasteiger partial charge is 0.262 e. The van der Waals surface area contributed by atoms with Crippen LogP contribution >= 0.6 is 15.9 Å². The number of aryl methyl sites for hydroxylation is 1. The minimum absolute atomic E-state index is 0.000151. The predicted molar refractivity (Wildman–Crippen MR) is 133 cm³/mol. The Kier molecular flexibility index (Phi) is 8.28. The number of benzene rings is 3. The van der Waals surface area contributed by atoms with Crippen molar-refractivity contribution < 1.29 is 14.3 Å². The molecule has 0 aliphatic rings. The van der Waals surface area contributed by atoms with Gasteiger partial charge in [0.1, 0.15) is 18.2 Å². The Morgan fingerprint density at radius 3 is 2.58 bits per heavy atom. The lowest BCUT2D eigenvalue weighted by atomic mass is 10.1. The molecule has 0 fully saturated rings. The summed E-state index contributed by atoms with van der Waals surface area (Å²) in [7, 11) is 1.55. The van der Waals surface area contributed by atoms with Crippen molar-refractivity contribution in [3.63, 3.8) is 0 Å². The number of rotatable bonds is 8. The topological polar surface area (TPSA) is 71.3 Å². The quantitative estimate of drug-likeness (QED) is 0.295. The van der Waals surface area contributed by atoms with E-state index in [1.807, 2.05) is 68.4 Å². The molecule has 0 aromatic heterocycles. The lowest BCUT2D eigenvalue weighted by Gasteiger charge is -2.15. The Balaban J connectivity index is 1.79. The van der Waals surface area contributed by atoms with Gasteiger partial charge in [-0.05, 0) is 64.7 Å². The highest BCUT2D eigenvalue weighted by Gasteiger charge is 2.16. The summed E-state index contributed by atoms with van der Waals surface area (Å²) in [5.74, 6) is 0.610. The molecule has 0 aliphatic carbocycles. The van der Waals surface area contributed by atoms with Gasteiger partial charge in [-0.3, -0.25) is 4.79 Å². The van der Waals surface area contributed by atoms with Crippen molar-refractivity contribution in [1.29, 1.82) is 5.26 Å². The van der Waals surface area contributed by atoms with E-state index < -0.39 is 5.91 Å². The van der Waals surface area contributed by atoms with Crippen LogP contribution in [0.4, 0.5) is 0 Å². The number of methoxy groups -OCH3 is 1. The molecule has 3 aromatic carbocycles. The fraction of sp³-hybridized carbons (Fsp3) is 0.185. The molecule has 0 unspecified atom stereocenters. The largest absolute Gasteiger partial charge is 0.493 e. The molecule has 0 bridgehead atoms. The summed E-state index contributed by atoms with van der Waals surface area (Å²) >= 11 is 3.53. The molecule has 1 atom stereocenters. The average molecular weight is 505 g/mol. The number of amides is 1. The molecule has 0 aliphatic heterocycles. The zero-order valence-electron chi connectivity index (χ0n) is 18.8. The van der Waals surface area contributed by atoms with Crippen LogP contribution in [0.25, 0.3) is 6.08 Å². The predicted octanol–water partition coefficient (Wildman–Crippen LogP) is 6.13. The summed E-state index contributed by atoms with van der Waals surface area (Å²) in [5.41, 5.74) is 3.80. The average Bonchev–Trinajstić information content (AvgIpc) is 2.82. The van der Waals surface area contributed by atoms with Crippen LogP contribution in [-0.4, -0.2) is 13.0 Å². The maximum Gasteiger partial charge on any atom is 0.262 e. The molecule has 6 heteroatoms. The Bertz CT molecular complexity index is 1200. The minimum atomic E-state index is -0.441. The molecule has 3 rings (SSSR count). The van der Waals surface area contributed by atoms with Gasteiger partial charge in [0.05, 0.1) is 17.6 Å². The van der Waals surface area contributed by atoms with Gasteiger partial charge in [-0.25, -0.2) is 0 Å². The Labute approximate surface area is 202 Å². The highest BCUT2D eigenvalue weighted by Crippen LogP contribution is 2.37. The van der Waals surface area contributed by atoms with E-state index >= 15 is 0 Å². The molecule has 0 spiro atoms. The van der Waals surface area contributed by atoms with Gasteiger partial charge in [0.2, 0.25) is 0 Å². The molecular weight excluding hydrogens is 480 g/mol. The number of nitrogens with zero attached hydrogens (tertiary/aromatic N) is 1. The van der Waals surface area contributed by atoms with Crippen LogP contribution in [0.5, 0.6) is 11.5 Å². The molecule has 0 saturated heterocycles. The zero-order chi connectivity index (χ0) is 23.8. The lowest BCUT2D eigenvalue weighted by Crippen LogP contribution is -2.27. The maximum atomic E-state index is 12.7. The lowest BCUT2D eigenvalue weighted by molar-refractivity contribution is -0.117. The van der Waals surface area contributed by atoms with Gasteiger partial charge in [0.25, 0.3) is 5.91 Å². The minimum Gasteiger partial charge on any atom is -0.493 e. The number of hydrogen-bond donors (Lipinski definition) is 1. The van der Waals surface area contributed by atoms with Gasteiger partial charge in [0.15, 0.2) is 11.5 Å². The normalized spacial score (nSPS) is 11.9. The van der Waals surface area contributed by atoms with Gasteiger partial charge in [-0.15, -0.1) is 0 Å². The summed E-state index contributed by atoms with van der Waals surface area (Å²) in [5, 5.41) is 12.4. The van der Waals surface area contributed by atoms with Crippen LogP contribution in [0, 0.1) is 18.3 Å². The van der Waals surface area contributed by atoms with E-state index in [4.69, 9.17) is 9.47 Å². The Hall–Kier alpha value is -3.56. The summed E-state index contributed by atoms with van der Waals surface area (Å²) in [6, 6.07) is 23.0. The maximum absolute atomic E-state index is 12.7. The number of nitriles is 1. The van der Waals surface area contributed by atoms with E-state index in [-0.39, 0.29) is 11.6 Å². The fourth-order valence-corrected chi connectivity index (χ4v) is 3.91. The third-order valence-corrected chi connectivity index (χ3v) is 5.63. The SMILES string of the molecule is COc1cc(/C=C(/C#N)C(=O)N[C@H](C)c2ccccc2)cc(Br)c1OCc1cccc(C)c1. The van der Waals surface area contributed by atoms with Gasteiger partial charge in [-0.1, -0.05) is 60.2 Å². The van der Waals surface area contributed by atoms with Crippen LogP contribution in [0.2, 0.25) is 0 Å². The van der Waals surface area contributed by atoms with Crippen LogP contribution in [0.1, 0.15) is 35.2 Å². The second-order valence-corrected chi connectivity index (χ2v) is 8.44. The number of carbonyl (C=O) groups is 1. The van der Waals surface area contributed by atoms with Gasteiger partial charge in [-0.2, -0.15) is 5.26 Å². The Morgan fingerprint density at radius 2 is 1.91 bits per heavy atom. The first-order valence-electron chi connectivity index (χ1n) is 10.4.